The normalized spacial score (nSPS) is 16.3. The second kappa shape index (κ2) is 4.04. The average Bonchev–Trinajstić information content (AvgIpc) is 2.40. The molecule has 1 aromatic rings. The number of aromatic nitrogens is 2. The van der Waals surface area contributed by atoms with Crippen molar-refractivity contribution in [2.24, 2.45) is 0 Å². The molecule has 0 saturated heterocycles. The molecule has 0 atom stereocenters. The molecule has 0 bridgehead atoms. The standard InChI is InChI=1S/C11H16N2O2/c1-7-9(5-6-10(14)15)13-11(12-7)8-3-2-4-8/h8H,2-6H2,1H3,(H,12,13)(H,14,15). The summed E-state index contributed by atoms with van der Waals surface area (Å²) in [5.41, 5.74) is 1.94. The Labute approximate surface area is 88.7 Å². The Morgan fingerprint density at radius 3 is 2.87 bits per heavy atom. The highest BCUT2D eigenvalue weighted by Crippen LogP contribution is 2.35. The smallest absolute Gasteiger partial charge is 0.303 e. The van der Waals surface area contributed by atoms with Crippen molar-refractivity contribution in [3.8, 4) is 0 Å². The molecule has 1 aliphatic carbocycles. The Morgan fingerprint density at radius 2 is 2.33 bits per heavy atom. The predicted molar refractivity (Wildman–Crippen MR) is 55.9 cm³/mol. The molecule has 0 spiro atoms. The number of nitrogens with one attached hydrogen (secondary N) is 1. The molecule has 1 aromatic heterocycles. The Balaban J connectivity index is 2.03. The third kappa shape index (κ3) is 2.19. The molecule has 4 nitrogen and oxygen atoms in total. The zero-order chi connectivity index (χ0) is 10.8. The van der Waals surface area contributed by atoms with Crippen LogP contribution < -0.4 is 0 Å². The molecule has 1 saturated carbocycles. The number of carbonyl (C=O) groups is 1. The lowest BCUT2D eigenvalue weighted by Crippen LogP contribution is -2.10. The summed E-state index contributed by atoms with van der Waals surface area (Å²) in [7, 11) is 0. The fraction of sp³-hybridized carbons (Fsp3) is 0.636. The van der Waals surface area contributed by atoms with Crippen LogP contribution >= 0.6 is 0 Å². The molecular formula is C11H16N2O2. The number of hydrogen-bond donors (Lipinski definition) is 2. The molecule has 82 valence electrons. The summed E-state index contributed by atoms with van der Waals surface area (Å²) in [5.74, 6) is 0.879. The lowest BCUT2D eigenvalue weighted by molar-refractivity contribution is -0.136. The molecule has 2 rings (SSSR count). The number of carboxylic acids is 1. The lowest BCUT2D eigenvalue weighted by Gasteiger charge is -2.22. The third-order valence-corrected chi connectivity index (χ3v) is 3.07. The second-order valence-electron chi connectivity index (χ2n) is 4.22. The largest absolute Gasteiger partial charge is 0.481 e. The van der Waals surface area contributed by atoms with Crippen LogP contribution in [0.3, 0.4) is 0 Å². The van der Waals surface area contributed by atoms with E-state index in [9.17, 15) is 4.79 Å². The first-order chi connectivity index (χ1) is 7.16. The number of imidazole rings is 1. The van der Waals surface area contributed by atoms with Crippen molar-refractivity contribution in [1.82, 2.24) is 9.97 Å². The van der Waals surface area contributed by atoms with Gasteiger partial charge in [-0.15, -0.1) is 0 Å². The maximum Gasteiger partial charge on any atom is 0.303 e. The molecule has 15 heavy (non-hydrogen) atoms. The van der Waals surface area contributed by atoms with Crippen LogP contribution in [0.15, 0.2) is 0 Å². The van der Waals surface area contributed by atoms with Gasteiger partial charge in [-0.3, -0.25) is 4.79 Å². The minimum atomic E-state index is -0.761. The number of carboxylic acid groups (broad SMARTS) is 1. The van der Waals surface area contributed by atoms with E-state index >= 15 is 0 Å². The van der Waals surface area contributed by atoms with E-state index in [-0.39, 0.29) is 6.42 Å². The van der Waals surface area contributed by atoms with Crippen molar-refractivity contribution in [2.75, 3.05) is 0 Å². The van der Waals surface area contributed by atoms with Crippen molar-refractivity contribution in [3.05, 3.63) is 17.2 Å². The Hall–Kier alpha value is -1.32. The summed E-state index contributed by atoms with van der Waals surface area (Å²) in [6.07, 6.45) is 4.41. The van der Waals surface area contributed by atoms with Crippen LogP contribution in [0.5, 0.6) is 0 Å². The van der Waals surface area contributed by atoms with Gasteiger partial charge in [-0.05, 0) is 19.8 Å². The van der Waals surface area contributed by atoms with Gasteiger partial charge in [-0.2, -0.15) is 0 Å². The monoisotopic (exact) mass is 208 g/mol. The molecule has 0 unspecified atom stereocenters. The highest BCUT2D eigenvalue weighted by Gasteiger charge is 2.23. The number of aryl methyl sites for hydroxylation is 2. The molecule has 0 aliphatic heterocycles. The fourth-order valence-corrected chi connectivity index (χ4v) is 1.87. The second-order valence-corrected chi connectivity index (χ2v) is 4.22. The average molecular weight is 208 g/mol. The lowest BCUT2D eigenvalue weighted by atomic mass is 9.85. The summed E-state index contributed by atoms with van der Waals surface area (Å²) >= 11 is 0. The molecule has 0 radical (unpaired) electrons. The molecule has 0 amide bonds. The van der Waals surface area contributed by atoms with Crippen LogP contribution in [0.1, 0.15) is 48.8 Å². The number of hydrogen-bond acceptors (Lipinski definition) is 2. The van der Waals surface area contributed by atoms with Crippen molar-refractivity contribution in [3.63, 3.8) is 0 Å². The van der Waals surface area contributed by atoms with E-state index in [2.05, 4.69) is 9.97 Å². The number of aliphatic carboxylic acids is 1. The quantitative estimate of drug-likeness (QED) is 0.795. The van der Waals surface area contributed by atoms with Gasteiger partial charge in [-0.25, -0.2) is 4.98 Å². The van der Waals surface area contributed by atoms with Crippen LogP contribution in [0.2, 0.25) is 0 Å². The SMILES string of the molecule is Cc1[nH]c(C2CCC2)nc1CCC(=O)O. The summed E-state index contributed by atoms with van der Waals surface area (Å²) in [6.45, 7) is 1.96. The van der Waals surface area contributed by atoms with Crippen LogP contribution in [-0.2, 0) is 11.2 Å². The van der Waals surface area contributed by atoms with Crippen LogP contribution in [0, 0.1) is 6.92 Å². The number of aromatic amines is 1. The van der Waals surface area contributed by atoms with Gasteiger partial charge in [0.15, 0.2) is 0 Å². The minimum absolute atomic E-state index is 0.163. The van der Waals surface area contributed by atoms with Gasteiger partial charge in [0, 0.05) is 18.0 Å². The van der Waals surface area contributed by atoms with Gasteiger partial charge in [0.2, 0.25) is 0 Å². The molecule has 1 aliphatic rings. The third-order valence-electron chi connectivity index (χ3n) is 3.07. The zero-order valence-electron chi connectivity index (χ0n) is 8.92. The first-order valence-corrected chi connectivity index (χ1v) is 5.44. The van der Waals surface area contributed by atoms with E-state index in [0.29, 0.717) is 12.3 Å². The van der Waals surface area contributed by atoms with Gasteiger partial charge in [0.25, 0.3) is 0 Å². The zero-order valence-corrected chi connectivity index (χ0v) is 8.92. The Bertz CT molecular complexity index is 367. The maximum absolute atomic E-state index is 10.5. The van der Waals surface area contributed by atoms with E-state index in [4.69, 9.17) is 5.11 Å². The molecule has 0 aromatic carbocycles. The van der Waals surface area contributed by atoms with Gasteiger partial charge in [0.05, 0.1) is 12.1 Å². The minimum Gasteiger partial charge on any atom is -0.481 e. The molecule has 2 N–H and O–H groups in total. The van der Waals surface area contributed by atoms with E-state index < -0.39 is 5.97 Å². The number of rotatable bonds is 4. The topological polar surface area (TPSA) is 66.0 Å². The van der Waals surface area contributed by atoms with E-state index in [1.54, 1.807) is 0 Å². The van der Waals surface area contributed by atoms with Crippen molar-refractivity contribution in [2.45, 2.75) is 44.9 Å². The number of H-pyrrole nitrogens is 1. The summed E-state index contributed by atoms with van der Waals surface area (Å²) in [4.78, 5) is 18.2. The van der Waals surface area contributed by atoms with E-state index in [0.717, 1.165) is 17.2 Å². The molecule has 4 heteroatoms. The highest BCUT2D eigenvalue weighted by molar-refractivity contribution is 5.67. The van der Waals surface area contributed by atoms with Crippen LogP contribution in [-0.4, -0.2) is 21.0 Å². The van der Waals surface area contributed by atoms with Crippen LogP contribution in [0.25, 0.3) is 0 Å². The van der Waals surface area contributed by atoms with E-state index in [1.807, 2.05) is 6.92 Å². The summed E-state index contributed by atoms with van der Waals surface area (Å²) in [6, 6.07) is 0. The van der Waals surface area contributed by atoms with Crippen molar-refractivity contribution < 1.29 is 9.90 Å². The van der Waals surface area contributed by atoms with E-state index in [1.165, 1.54) is 19.3 Å². The molecule has 1 fully saturated rings. The van der Waals surface area contributed by atoms with Gasteiger partial charge < -0.3 is 10.1 Å². The van der Waals surface area contributed by atoms with Gasteiger partial charge in [-0.1, -0.05) is 6.42 Å². The predicted octanol–water partition coefficient (Wildman–Crippen LogP) is 2.00. The fourth-order valence-electron chi connectivity index (χ4n) is 1.87. The first kappa shape index (κ1) is 10.2. The summed E-state index contributed by atoms with van der Waals surface area (Å²) < 4.78 is 0. The highest BCUT2D eigenvalue weighted by atomic mass is 16.4. The number of nitrogens with zero attached hydrogens (tertiary/aromatic N) is 1. The summed E-state index contributed by atoms with van der Waals surface area (Å²) in [5, 5.41) is 8.60. The Kier molecular flexibility index (Phi) is 2.75. The van der Waals surface area contributed by atoms with Crippen molar-refractivity contribution >= 4 is 5.97 Å². The maximum atomic E-state index is 10.5. The molecule has 1 heterocycles. The van der Waals surface area contributed by atoms with Crippen molar-refractivity contribution in [1.29, 1.82) is 0 Å². The van der Waals surface area contributed by atoms with Gasteiger partial charge in [0.1, 0.15) is 5.82 Å². The molecular weight excluding hydrogens is 192 g/mol. The van der Waals surface area contributed by atoms with Crippen LogP contribution in [0.4, 0.5) is 0 Å². The van der Waals surface area contributed by atoms with Gasteiger partial charge >= 0.3 is 5.97 Å². The first-order valence-electron chi connectivity index (χ1n) is 5.44. The Morgan fingerprint density at radius 1 is 1.60 bits per heavy atom.